The van der Waals surface area contributed by atoms with Gasteiger partial charge in [-0.25, -0.2) is 0 Å². The maximum absolute atomic E-state index is 12.3. The summed E-state index contributed by atoms with van der Waals surface area (Å²) in [5.74, 6) is 0.587. The number of furan rings is 1. The molecule has 0 atom stereocenters. The van der Waals surface area contributed by atoms with E-state index in [2.05, 4.69) is 42.6 Å². The van der Waals surface area contributed by atoms with Crippen molar-refractivity contribution in [2.75, 3.05) is 26.9 Å². The lowest BCUT2D eigenvalue weighted by Gasteiger charge is -2.15. The van der Waals surface area contributed by atoms with Crippen molar-refractivity contribution in [2.24, 2.45) is 0 Å². The van der Waals surface area contributed by atoms with Crippen LogP contribution < -0.4 is 10.1 Å². The number of rotatable bonds is 8. The molecule has 0 spiro atoms. The minimum atomic E-state index is -0.157. The van der Waals surface area contributed by atoms with Crippen LogP contribution in [0.25, 0.3) is 27.7 Å². The number of ether oxygens (including phenoxy) is 2. The first-order chi connectivity index (χ1) is 14.5. The van der Waals surface area contributed by atoms with Crippen LogP contribution in [0.3, 0.4) is 0 Å². The molecule has 0 saturated carbocycles. The van der Waals surface area contributed by atoms with Gasteiger partial charge >= 0.3 is 0 Å². The van der Waals surface area contributed by atoms with Crippen LogP contribution in [0.5, 0.6) is 5.75 Å². The van der Waals surface area contributed by atoms with E-state index in [0.29, 0.717) is 19.8 Å². The van der Waals surface area contributed by atoms with Crippen LogP contribution in [0.4, 0.5) is 0 Å². The number of fused-ring (bicyclic) bond motifs is 1. The topological polar surface area (TPSA) is 60.7 Å². The Hall–Kier alpha value is -3.05. The van der Waals surface area contributed by atoms with Crippen molar-refractivity contribution >= 4 is 22.4 Å². The highest BCUT2D eigenvalue weighted by atomic mass is 16.5. The van der Waals surface area contributed by atoms with E-state index in [1.807, 2.05) is 20.8 Å². The van der Waals surface area contributed by atoms with Gasteiger partial charge in [0.05, 0.1) is 19.5 Å². The maximum Gasteiger partial charge on any atom is 0.244 e. The van der Waals surface area contributed by atoms with Gasteiger partial charge in [0, 0.05) is 41.8 Å². The van der Waals surface area contributed by atoms with Crippen molar-refractivity contribution in [2.45, 2.75) is 27.7 Å². The molecule has 0 saturated heterocycles. The van der Waals surface area contributed by atoms with Crippen LogP contribution >= 0.6 is 0 Å². The van der Waals surface area contributed by atoms with Gasteiger partial charge in [-0.1, -0.05) is 29.8 Å². The summed E-state index contributed by atoms with van der Waals surface area (Å²) in [6.45, 7) is 9.40. The number of carbonyl (C=O) groups is 1. The highest BCUT2D eigenvalue weighted by Gasteiger charge is 2.19. The molecule has 30 heavy (non-hydrogen) atoms. The molecule has 0 bridgehead atoms. The van der Waals surface area contributed by atoms with Gasteiger partial charge in [0.2, 0.25) is 5.91 Å². The van der Waals surface area contributed by atoms with Crippen molar-refractivity contribution in [1.29, 1.82) is 0 Å². The number of hydrogen-bond acceptors (Lipinski definition) is 4. The third-order valence-electron chi connectivity index (χ3n) is 5.07. The number of amides is 1. The average Bonchev–Trinajstić information content (AvgIpc) is 3.15. The average molecular weight is 408 g/mol. The molecular weight excluding hydrogens is 378 g/mol. The van der Waals surface area contributed by atoms with E-state index >= 15 is 0 Å². The van der Waals surface area contributed by atoms with E-state index in [-0.39, 0.29) is 5.91 Å². The van der Waals surface area contributed by atoms with Crippen LogP contribution in [-0.4, -0.2) is 32.8 Å². The Morgan fingerprint density at radius 3 is 2.60 bits per heavy atom. The van der Waals surface area contributed by atoms with Crippen LogP contribution in [-0.2, 0) is 9.53 Å². The summed E-state index contributed by atoms with van der Waals surface area (Å²) < 4.78 is 16.9. The third kappa shape index (κ3) is 4.57. The number of allylic oxidation sites excluding steroid dienone is 1. The van der Waals surface area contributed by atoms with Gasteiger partial charge in [-0.3, -0.25) is 4.79 Å². The second-order valence-electron chi connectivity index (χ2n) is 7.31. The van der Waals surface area contributed by atoms with Gasteiger partial charge in [0.15, 0.2) is 0 Å². The molecular formula is C25H29NO4. The Bertz CT molecular complexity index is 1060. The van der Waals surface area contributed by atoms with Crippen molar-refractivity contribution in [1.82, 2.24) is 5.32 Å². The van der Waals surface area contributed by atoms with Crippen LogP contribution in [0, 0.1) is 13.8 Å². The number of aryl methyl sites for hydroxylation is 2. The predicted octanol–water partition coefficient (Wildman–Crippen LogP) is 5.28. The number of methoxy groups -OCH3 is 1. The van der Waals surface area contributed by atoms with Gasteiger partial charge in [0.1, 0.15) is 11.3 Å². The summed E-state index contributed by atoms with van der Waals surface area (Å²) in [4.78, 5) is 12.3. The van der Waals surface area contributed by atoms with Crippen LogP contribution in [0.2, 0.25) is 0 Å². The first-order valence-corrected chi connectivity index (χ1v) is 10.2. The Kier molecular flexibility index (Phi) is 6.95. The summed E-state index contributed by atoms with van der Waals surface area (Å²) in [7, 11) is 1.61. The van der Waals surface area contributed by atoms with E-state index < -0.39 is 0 Å². The van der Waals surface area contributed by atoms with Gasteiger partial charge in [-0.15, -0.1) is 0 Å². The molecule has 0 aliphatic carbocycles. The standard InChI is InChI=1S/C25H29NO4/c1-6-29-24-18(4)25-21(22(15-30-25)19-9-7-16(2)8-10-19)14-20(24)17(3)13-23(27)26-11-12-28-5/h7-10,13-15H,6,11-12H2,1-5H3,(H,26,27)/b17-13+. The highest BCUT2D eigenvalue weighted by Crippen LogP contribution is 2.40. The molecule has 0 aliphatic heterocycles. The van der Waals surface area contributed by atoms with Crippen LogP contribution in [0.15, 0.2) is 47.1 Å². The Balaban J connectivity index is 2.09. The number of carbonyl (C=O) groups excluding carboxylic acids is 1. The number of benzene rings is 2. The predicted molar refractivity (Wildman–Crippen MR) is 121 cm³/mol. The van der Waals surface area contributed by atoms with Crippen molar-refractivity contribution < 1.29 is 18.7 Å². The first-order valence-electron chi connectivity index (χ1n) is 10.2. The second-order valence-corrected chi connectivity index (χ2v) is 7.31. The molecule has 1 heterocycles. The summed E-state index contributed by atoms with van der Waals surface area (Å²) in [6, 6.07) is 10.4. The molecule has 0 unspecified atom stereocenters. The third-order valence-corrected chi connectivity index (χ3v) is 5.07. The summed E-state index contributed by atoms with van der Waals surface area (Å²) in [5, 5.41) is 3.83. The van der Waals surface area contributed by atoms with Crippen LogP contribution in [0.1, 0.15) is 30.5 Å². The van der Waals surface area contributed by atoms with Gasteiger partial charge in [-0.05, 0) is 44.9 Å². The highest BCUT2D eigenvalue weighted by molar-refractivity contribution is 6.01. The molecule has 1 amide bonds. The lowest BCUT2D eigenvalue weighted by Crippen LogP contribution is -2.25. The second kappa shape index (κ2) is 9.63. The van der Waals surface area contributed by atoms with Gasteiger partial charge in [-0.2, -0.15) is 0 Å². The molecule has 1 aromatic heterocycles. The fraction of sp³-hybridized carbons (Fsp3) is 0.320. The zero-order valence-electron chi connectivity index (χ0n) is 18.3. The van der Waals surface area contributed by atoms with Gasteiger partial charge < -0.3 is 19.2 Å². The first kappa shape index (κ1) is 21.7. The maximum atomic E-state index is 12.3. The molecule has 2 aromatic carbocycles. The minimum absolute atomic E-state index is 0.157. The van der Waals surface area contributed by atoms with Crippen molar-refractivity contribution in [3.63, 3.8) is 0 Å². The van der Waals surface area contributed by atoms with Crippen molar-refractivity contribution in [3.8, 4) is 16.9 Å². The summed E-state index contributed by atoms with van der Waals surface area (Å²) >= 11 is 0. The Labute approximate surface area is 177 Å². The quantitative estimate of drug-likeness (QED) is 0.408. The van der Waals surface area contributed by atoms with E-state index in [0.717, 1.165) is 44.5 Å². The van der Waals surface area contributed by atoms with E-state index in [1.165, 1.54) is 5.56 Å². The minimum Gasteiger partial charge on any atom is -0.493 e. The van der Waals surface area contributed by atoms with Crippen molar-refractivity contribution in [3.05, 3.63) is 59.4 Å². The molecule has 0 fully saturated rings. The fourth-order valence-corrected chi connectivity index (χ4v) is 3.50. The number of nitrogens with one attached hydrogen (secondary N) is 1. The molecule has 1 N–H and O–H groups in total. The molecule has 5 nitrogen and oxygen atoms in total. The smallest absolute Gasteiger partial charge is 0.244 e. The van der Waals surface area contributed by atoms with Gasteiger partial charge in [0.25, 0.3) is 0 Å². The molecule has 5 heteroatoms. The Morgan fingerprint density at radius 2 is 1.93 bits per heavy atom. The fourth-order valence-electron chi connectivity index (χ4n) is 3.50. The molecule has 0 aliphatic rings. The summed E-state index contributed by atoms with van der Waals surface area (Å²) in [5.41, 5.74) is 6.76. The molecule has 158 valence electrons. The molecule has 3 aromatic rings. The molecule has 3 rings (SSSR count). The SMILES string of the molecule is CCOc1c(/C(C)=C/C(=O)NCCOC)cc2c(-c3ccc(C)cc3)coc2c1C. The van der Waals surface area contributed by atoms with E-state index in [9.17, 15) is 4.79 Å². The zero-order valence-corrected chi connectivity index (χ0v) is 18.3. The summed E-state index contributed by atoms with van der Waals surface area (Å²) in [6.07, 6.45) is 3.39. The lowest BCUT2D eigenvalue weighted by molar-refractivity contribution is -0.116. The normalized spacial score (nSPS) is 11.7. The number of hydrogen-bond donors (Lipinski definition) is 1. The lowest BCUT2D eigenvalue weighted by atomic mass is 9.96. The zero-order chi connectivity index (χ0) is 21.7. The largest absolute Gasteiger partial charge is 0.493 e. The van der Waals surface area contributed by atoms with E-state index in [4.69, 9.17) is 13.9 Å². The monoisotopic (exact) mass is 407 g/mol. The van der Waals surface area contributed by atoms with E-state index in [1.54, 1.807) is 19.4 Å². The Morgan fingerprint density at radius 1 is 1.20 bits per heavy atom. The molecule has 0 radical (unpaired) electrons.